The van der Waals surface area contributed by atoms with E-state index < -0.39 is 0 Å². The van der Waals surface area contributed by atoms with Gasteiger partial charge in [0.2, 0.25) is 0 Å². The molecule has 4 rings (SSSR count). The van der Waals surface area contributed by atoms with Crippen LogP contribution in [0.3, 0.4) is 0 Å². The van der Waals surface area contributed by atoms with E-state index in [-0.39, 0.29) is 5.91 Å². The van der Waals surface area contributed by atoms with Crippen LogP contribution in [0.1, 0.15) is 27.9 Å². The van der Waals surface area contributed by atoms with Crippen LogP contribution in [0, 0.1) is 0 Å². The highest BCUT2D eigenvalue weighted by atomic mass is 16.1. The molecule has 1 aromatic heterocycles. The van der Waals surface area contributed by atoms with E-state index in [1.165, 1.54) is 23.9 Å². The number of hydrogen-bond donors (Lipinski definition) is 1. The molecule has 114 valence electrons. The van der Waals surface area contributed by atoms with Gasteiger partial charge >= 0.3 is 0 Å². The smallest absolute Gasteiger partial charge is 0.255 e. The van der Waals surface area contributed by atoms with Gasteiger partial charge in [-0.3, -0.25) is 4.79 Å². The second-order valence-electron chi connectivity index (χ2n) is 5.59. The first-order valence-corrected chi connectivity index (χ1v) is 7.56. The Labute approximate surface area is 133 Å². The molecule has 3 aromatic rings. The summed E-state index contributed by atoms with van der Waals surface area (Å²) in [5.41, 5.74) is 5.00. The fourth-order valence-electron chi connectivity index (χ4n) is 2.90. The molecule has 0 aliphatic heterocycles. The minimum atomic E-state index is -0.119. The van der Waals surface area contributed by atoms with E-state index in [1.54, 1.807) is 16.8 Å². The number of amides is 1. The summed E-state index contributed by atoms with van der Waals surface area (Å²) in [7, 11) is 0. The molecule has 0 bridgehead atoms. The summed E-state index contributed by atoms with van der Waals surface area (Å²) in [6.45, 7) is 0. The molecule has 0 saturated heterocycles. The maximum Gasteiger partial charge on any atom is 0.255 e. The monoisotopic (exact) mass is 305 g/mol. The van der Waals surface area contributed by atoms with E-state index in [0.29, 0.717) is 5.56 Å². The molecule has 1 aliphatic carbocycles. The minimum Gasteiger partial charge on any atom is -0.322 e. The van der Waals surface area contributed by atoms with Crippen molar-refractivity contribution in [3.8, 4) is 5.69 Å². The number of anilines is 1. The van der Waals surface area contributed by atoms with Crippen molar-refractivity contribution in [2.45, 2.75) is 19.3 Å². The molecular formula is C17H15N5O. The maximum atomic E-state index is 12.4. The SMILES string of the molecule is O=C(Nc1ccc2c(c1)CCC2)c1ccc(-n2cnnn2)cc1. The Morgan fingerprint density at radius 2 is 1.87 bits per heavy atom. The lowest BCUT2D eigenvalue weighted by molar-refractivity contribution is 0.102. The standard InChI is InChI=1S/C17H15N5O/c23-17(19-15-7-4-12-2-1-3-14(12)10-15)13-5-8-16(9-6-13)22-11-18-20-21-22/h4-11H,1-3H2,(H,19,23). The Hall–Kier alpha value is -3.02. The van der Waals surface area contributed by atoms with E-state index >= 15 is 0 Å². The minimum absolute atomic E-state index is 0.119. The summed E-state index contributed by atoms with van der Waals surface area (Å²) in [6, 6.07) is 13.3. The van der Waals surface area contributed by atoms with Crippen molar-refractivity contribution in [1.82, 2.24) is 20.2 Å². The van der Waals surface area contributed by atoms with Crippen molar-refractivity contribution in [3.05, 3.63) is 65.5 Å². The summed E-state index contributed by atoms with van der Waals surface area (Å²) >= 11 is 0. The molecule has 23 heavy (non-hydrogen) atoms. The number of nitrogens with zero attached hydrogens (tertiary/aromatic N) is 4. The molecule has 6 nitrogen and oxygen atoms in total. The topological polar surface area (TPSA) is 72.7 Å². The molecule has 1 heterocycles. The number of tetrazole rings is 1. The van der Waals surface area contributed by atoms with Crippen molar-refractivity contribution < 1.29 is 4.79 Å². The number of carbonyl (C=O) groups excluding carboxylic acids is 1. The fourth-order valence-corrected chi connectivity index (χ4v) is 2.90. The summed E-state index contributed by atoms with van der Waals surface area (Å²) in [6.07, 6.45) is 4.95. The molecule has 2 aromatic carbocycles. The van der Waals surface area contributed by atoms with Gasteiger partial charge in [-0.2, -0.15) is 0 Å². The van der Waals surface area contributed by atoms with Crippen molar-refractivity contribution in [2.75, 3.05) is 5.32 Å². The van der Waals surface area contributed by atoms with Gasteiger partial charge in [0.1, 0.15) is 6.33 Å². The molecule has 0 unspecified atom stereocenters. The van der Waals surface area contributed by atoms with Crippen LogP contribution in [-0.4, -0.2) is 26.1 Å². The van der Waals surface area contributed by atoms with Gasteiger partial charge in [-0.05, 0) is 77.2 Å². The highest BCUT2D eigenvalue weighted by Crippen LogP contribution is 2.25. The molecule has 6 heteroatoms. The molecule has 1 N–H and O–H groups in total. The van der Waals surface area contributed by atoms with Crippen LogP contribution >= 0.6 is 0 Å². The third-order valence-electron chi connectivity index (χ3n) is 4.10. The van der Waals surface area contributed by atoms with Gasteiger partial charge in [-0.1, -0.05) is 6.07 Å². The number of hydrogen-bond acceptors (Lipinski definition) is 4. The van der Waals surface area contributed by atoms with Crippen molar-refractivity contribution in [3.63, 3.8) is 0 Å². The Bertz CT molecular complexity index is 840. The first-order chi connectivity index (χ1) is 11.3. The zero-order valence-corrected chi connectivity index (χ0v) is 12.4. The third-order valence-corrected chi connectivity index (χ3v) is 4.10. The number of nitrogens with one attached hydrogen (secondary N) is 1. The van der Waals surface area contributed by atoms with Crippen LogP contribution in [0.4, 0.5) is 5.69 Å². The highest BCUT2D eigenvalue weighted by molar-refractivity contribution is 6.04. The summed E-state index contributed by atoms with van der Waals surface area (Å²) in [5.74, 6) is -0.119. The molecule has 0 fully saturated rings. The van der Waals surface area contributed by atoms with Crippen molar-refractivity contribution in [2.24, 2.45) is 0 Å². The lowest BCUT2D eigenvalue weighted by Gasteiger charge is -2.08. The summed E-state index contributed by atoms with van der Waals surface area (Å²) in [5, 5.41) is 14.0. The van der Waals surface area contributed by atoms with E-state index in [9.17, 15) is 4.79 Å². The second kappa shape index (κ2) is 5.64. The number of aromatic nitrogens is 4. The largest absolute Gasteiger partial charge is 0.322 e. The molecular weight excluding hydrogens is 290 g/mol. The molecule has 0 radical (unpaired) electrons. The predicted octanol–water partition coefficient (Wildman–Crippen LogP) is 2.40. The van der Waals surface area contributed by atoms with Gasteiger partial charge in [0.05, 0.1) is 5.69 Å². The summed E-state index contributed by atoms with van der Waals surface area (Å²) < 4.78 is 1.54. The van der Waals surface area contributed by atoms with Gasteiger partial charge in [0.25, 0.3) is 5.91 Å². The Balaban J connectivity index is 1.51. The van der Waals surface area contributed by atoms with Crippen LogP contribution in [-0.2, 0) is 12.8 Å². The maximum absolute atomic E-state index is 12.4. The lowest BCUT2D eigenvalue weighted by Crippen LogP contribution is -2.12. The fraction of sp³-hybridized carbons (Fsp3) is 0.176. The molecule has 1 aliphatic rings. The number of benzene rings is 2. The first-order valence-electron chi connectivity index (χ1n) is 7.56. The second-order valence-corrected chi connectivity index (χ2v) is 5.59. The van der Waals surface area contributed by atoms with Crippen LogP contribution < -0.4 is 5.32 Å². The zero-order chi connectivity index (χ0) is 15.6. The van der Waals surface area contributed by atoms with Gasteiger partial charge < -0.3 is 5.32 Å². The Kier molecular flexibility index (Phi) is 3.34. The van der Waals surface area contributed by atoms with Gasteiger partial charge in [-0.25, -0.2) is 4.68 Å². The Morgan fingerprint density at radius 3 is 2.65 bits per heavy atom. The first kappa shape index (κ1) is 13.6. The highest BCUT2D eigenvalue weighted by Gasteiger charge is 2.12. The number of aryl methyl sites for hydroxylation is 2. The van der Waals surface area contributed by atoms with E-state index in [4.69, 9.17) is 0 Å². The van der Waals surface area contributed by atoms with E-state index in [0.717, 1.165) is 24.2 Å². The molecule has 1 amide bonds. The van der Waals surface area contributed by atoms with Crippen molar-refractivity contribution >= 4 is 11.6 Å². The average molecular weight is 305 g/mol. The normalized spacial score (nSPS) is 12.9. The lowest BCUT2D eigenvalue weighted by atomic mass is 10.1. The molecule has 0 spiro atoms. The van der Waals surface area contributed by atoms with Gasteiger partial charge in [0.15, 0.2) is 0 Å². The van der Waals surface area contributed by atoms with Crippen LogP contribution in [0.25, 0.3) is 5.69 Å². The number of carbonyl (C=O) groups is 1. The Morgan fingerprint density at radius 1 is 1.04 bits per heavy atom. The summed E-state index contributed by atoms with van der Waals surface area (Å²) in [4.78, 5) is 12.4. The zero-order valence-electron chi connectivity index (χ0n) is 12.4. The van der Waals surface area contributed by atoms with Gasteiger partial charge in [0, 0.05) is 11.3 Å². The van der Waals surface area contributed by atoms with Crippen LogP contribution in [0.15, 0.2) is 48.8 Å². The number of rotatable bonds is 3. The van der Waals surface area contributed by atoms with E-state index in [2.05, 4.69) is 33.0 Å². The van der Waals surface area contributed by atoms with E-state index in [1.807, 2.05) is 18.2 Å². The molecule has 0 atom stereocenters. The van der Waals surface area contributed by atoms with Crippen molar-refractivity contribution in [1.29, 1.82) is 0 Å². The predicted molar refractivity (Wildman–Crippen MR) is 85.6 cm³/mol. The van der Waals surface area contributed by atoms with Gasteiger partial charge in [-0.15, -0.1) is 5.10 Å². The third kappa shape index (κ3) is 2.70. The quantitative estimate of drug-likeness (QED) is 0.806. The van der Waals surface area contributed by atoms with Crippen LogP contribution in [0.5, 0.6) is 0 Å². The average Bonchev–Trinajstić information content (AvgIpc) is 3.26. The number of fused-ring (bicyclic) bond motifs is 1. The van der Waals surface area contributed by atoms with Crippen LogP contribution in [0.2, 0.25) is 0 Å². The molecule has 0 saturated carbocycles.